The monoisotopic (exact) mass is 593 g/mol. The third kappa shape index (κ3) is 6.71. The van der Waals surface area contributed by atoms with Crippen LogP contribution in [-0.4, -0.2) is 46.0 Å². The molecular formula is C35H39N5O2S. The van der Waals surface area contributed by atoms with Gasteiger partial charge in [-0.2, -0.15) is 4.98 Å². The van der Waals surface area contributed by atoms with E-state index < -0.39 is 0 Å². The van der Waals surface area contributed by atoms with Gasteiger partial charge in [0.05, 0.1) is 11.7 Å². The van der Waals surface area contributed by atoms with E-state index in [0.29, 0.717) is 23.9 Å². The maximum Gasteiger partial charge on any atom is 0.251 e. The first-order valence-electron chi connectivity index (χ1n) is 14.9. The van der Waals surface area contributed by atoms with Gasteiger partial charge in [0.1, 0.15) is 6.10 Å². The van der Waals surface area contributed by atoms with Crippen molar-refractivity contribution in [1.29, 1.82) is 0 Å². The van der Waals surface area contributed by atoms with Crippen LogP contribution in [0, 0.1) is 13.8 Å². The number of aryl methyl sites for hydroxylation is 2. The molecule has 6 rings (SSSR count). The molecule has 4 bridgehead atoms. The van der Waals surface area contributed by atoms with E-state index in [1.165, 1.54) is 23.1 Å². The molecule has 0 radical (unpaired) electrons. The van der Waals surface area contributed by atoms with E-state index in [1.54, 1.807) is 0 Å². The molecule has 2 N–H and O–H groups in total. The fraction of sp³-hybridized carbons (Fsp3) is 0.343. The molecule has 43 heavy (non-hydrogen) atoms. The second-order valence-corrected chi connectivity index (χ2v) is 13.5. The van der Waals surface area contributed by atoms with Crippen LogP contribution in [0.3, 0.4) is 0 Å². The molecule has 2 atom stereocenters. The number of amides is 1. The number of carbonyl (C=O) groups excluding carboxylic acids is 1. The minimum absolute atomic E-state index is 0.0967. The molecule has 2 aliphatic rings. The number of aromatic nitrogens is 2. The molecule has 2 aliphatic heterocycles. The zero-order valence-electron chi connectivity index (χ0n) is 25.5. The average molecular weight is 594 g/mol. The van der Waals surface area contributed by atoms with Crippen LogP contribution in [0.25, 0.3) is 11.3 Å². The molecule has 1 saturated heterocycles. The maximum absolute atomic E-state index is 13.4. The molecule has 8 heteroatoms. The SMILES string of the molecule is Cc1cccc(C)c1-c1cc2nc(n1)NSc1cccc(c1)C(=O)NC1CCN(Cc3ccc(C(C)(C)C)cc3)CC1O2. The van der Waals surface area contributed by atoms with Crippen molar-refractivity contribution in [1.82, 2.24) is 20.2 Å². The number of nitrogens with zero attached hydrogens (tertiary/aromatic N) is 3. The lowest BCUT2D eigenvalue weighted by atomic mass is 9.86. The summed E-state index contributed by atoms with van der Waals surface area (Å²) in [6.07, 6.45) is 0.474. The Hall–Kier alpha value is -3.88. The molecule has 3 heterocycles. The standard InChI is InChI=1S/C35H39N5O2S/c1-22-8-6-9-23(2)32(22)29-19-31-38-34(37-29)39-43-27-11-7-10-25(18-27)33(41)36-28-16-17-40(21-30(28)42-31)20-24-12-14-26(15-13-24)35(3,4)5/h6-15,18-19,28,30H,16-17,20-21H2,1-5H3,(H,36,41)(H,37,38,39). The van der Waals surface area contributed by atoms with Gasteiger partial charge in [0.2, 0.25) is 11.8 Å². The van der Waals surface area contributed by atoms with E-state index in [-0.39, 0.29) is 23.5 Å². The average Bonchev–Trinajstić information content (AvgIpc) is 2.97. The largest absolute Gasteiger partial charge is 0.471 e. The van der Waals surface area contributed by atoms with Gasteiger partial charge in [-0.05, 0) is 78.1 Å². The van der Waals surface area contributed by atoms with Crippen molar-refractivity contribution in [2.24, 2.45) is 0 Å². The predicted molar refractivity (Wildman–Crippen MR) is 174 cm³/mol. The third-order valence-electron chi connectivity index (χ3n) is 8.25. The summed E-state index contributed by atoms with van der Waals surface area (Å²) in [5.41, 5.74) is 7.48. The summed E-state index contributed by atoms with van der Waals surface area (Å²) in [7, 11) is 0. The zero-order valence-corrected chi connectivity index (χ0v) is 26.3. The van der Waals surface area contributed by atoms with Gasteiger partial charge < -0.3 is 10.1 Å². The molecule has 1 fully saturated rings. The van der Waals surface area contributed by atoms with E-state index in [4.69, 9.17) is 14.7 Å². The van der Waals surface area contributed by atoms with Gasteiger partial charge in [0.25, 0.3) is 5.91 Å². The molecular weight excluding hydrogens is 554 g/mol. The number of likely N-dealkylation sites (tertiary alicyclic amines) is 1. The Morgan fingerprint density at radius 2 is 1.72 bits per heavy atom. The molecule has 222 valence electrons. The van der Waals surface area contributed by atoms with E-state index in [9.17, 15) is 4.79 Å². The lowest BCUT2D eigenvalue weighted by Crippen LogP contribution is -2.56. The molecule has 0 saturated carbocycles. The van der Waals surface area contributed by atoms with Crippen molar-refractivity contribution in [3.05, 3.63) is 101 Å². The quantitative estimate of drug-likeness (QED) is 0.249. The second-order valence-electron chi connectivity index (χ2n) is 12.6. The van der Waals surface area contributed by atoms with Gasteiger partial charge in [0, 0.05) is 41.7 Å². The van der Waals surface area contributed by atoms with Gasteiger partial charge >= 0.3 is 0 Å². The number of fused-ring (bicyclic) bond motifs is 5. The van der Waals surface area contributed by atoms with Gasteiger partial charge in [-0.15, -0.1) is 0 Å². The van der Waals surface area contributed by atoms with Crippen LogP contribution in [0.1, 0.15) is 59.8 Å². The molecule has 1 amide bonds. The topological polar surface area (TPSA) is 79.4 Å². The van der Waals surface area contributed by atoms with Gasteiger partial charge in [-0.25, -0.2) is 4.98 Å². The highest BCUT2D eigenvalue weighted by atomic mass is 32.2. The number of rotatable bonds is 3. The lowest BCUT2D eigenvalue weighted by molar-refractivity contribution is 0.0469. The summed E-state index contributed by atoms with van der Waals surface area (Å²) < 4.78 is 9.99. The highest BCUT2D eigenvalue weighted by Crippen LogP contribution is 2.32. The van der Waals surface area contributed by atoms with E-state index >= 15 is 0 Å². The number of nitrogens with one attached hydrogen (secondary N) is 2. The Balaban J connectivity index is 1.33. The van der Waals surface area contributed by atoms with Gasteiger partial charge in [0.15, 0.2) is 0 Å². The van der Waals surface area contributed by atoms with Crippen molar-refractivity contribution in [2.45, 2.75) is 70.0 Å². The Morgan fingerprint density at radius 1 is 0.977 bits per heavy atom. The number of anilines is 1. The first-order valence-corrected chi connectivity index (χ1v) is 15.7. The van der Waals surface area contributed by atoms with Gasteiger partial charge in [-0.3, -0.25) is 14.4 Å². The van der Waals surface area contributed by atoms with E-state index in [2.05, 4.69) is 92.0 Å². The number of carbonyl (C=O) groups is 1. The fourth-order valence-corrected chi connectivity index (χ4v) is 6.50. The Labute approximate surface area is 258 Å². The molecule has 7 nitrogen and oxygen atoms in total. The lowest BCUT2D eigenvalue weighted by Gasteiger charge is -2.38. The molecule has 3 aromatic carbocycles. The van der Waals surface area contributed by atoms with Crippen LogP contribution >= 0.6 is 11.9 Å². The molecule has 0 aliphatic carbocycles. The summed E-state index contributed by atoms with van der Waals surface area (Å²) in [6, 6.07) is 24.5. The Morgan fingerprint density at radius 3 is 2.47 bits per heavy atom. The van der Waals surface area contributed by atoms with Crippen molar-refractivity contribution in [3.63, 3.8) is 0 Å². The van der Waals surface area contributed by atoms with Crippen molar-refractivity contribution in [2.75, 3.05) is 17.8 Å². The van der Waals surface area contributed by atoms with Crippen LogP contribution in [0.5, 0.6) is 5.88 Å². The number of ether oxygens (including phenoxy) is 1. The van der Waals surface area contributed by atoms with Crippen LogP contribution < -0.4 is 14.8 Å². The van der Waals surface area contributed by atoms with Crippen molar-refractivity contribution in [3.8, 4) is 17.1 Å². The molecule has 0 spiro atoms. The normalized spacial score (nSPS) is 19.0. The first kappa shape index (κ1) is 29.2. The van der Waals surface area contributed by atoms with Crippen LogP contribution in [-0.2, 0) is 12.0 Å². The minimum Gasteiger partial charge on any atom is -0.471 e. The van der Waals surface area contributed by atoms with Crippen LogP contribution in [0.15, 0.2) is 77.7 Å². The van der Waals surface area contributed by atoms with E-state index in [1.807, 2.05) is 30.3 Å². The Bertz CT molecular complexity index is 1610. The van der Waals surface area contributed by atoms with Crippen molar-refractivity contribution >= 4 is 23.8 Å². The molecule has 4 aromatic rings. The third-order valence-corrected chi connectivity index (χ3v) is 9.03. The summed E-state index contributed by atoms with van der Waals surface area (Å²) in [5.74, 6) is 0.857. The summed E-state index contributed by atoms with van der Waals surface area (Å²) in [6.45, 7) is 13.2. The molecule has 2 unspecified atom stereocenters. The van der Waals surface area contributed by atoms with Crippen LogP contribution in [0.4, 0.5) is 5.95 Å². The maximum atomic E-state index is 13.4. The number of piperidine rings is 1. The smallest absolute Gasteiger partial charge is 0.251 e. The molecule has 1 aromatic heterocycles. The summed E-state index contributed by atoms with van der Waals surface area (Å²) >= 11 is 1.38. The summed E-state index contributed by atoms with van der Waals surface area (Å²) in [5, 5.41) is 3.28. The first-order chi connectivity index (χ1) is 20.6. The highest BCUT2D eigenvalue weighted by molar-refractivity contribution is 8.00. The second kappa shape index (κ2) is 12.0. The Kier molecular flexibility index (Phi) is 8.16. The fourth-order valence-electron chi connectivity index (χ4n) is 5.87. The van der Waals surface area contributed by atoms with Crippen LogP contribution in [0.2, 0.25) is 0 Å². The number of benzene rings is 3. The highest BCUT2D eigenvalue weighted by Gasteiger charge is 2.33. The minimum atomic E-state index is -0.295. The van der Waals surface area contributed by atoms with E-state index in [0.717, 1.165) is 46.8 Å². The van der Waals surface area contributed by atoms with Crippen molar-refractivity contribution < 1.29 is 9.53 Å². The predicted octanol–water partition coefficient (Wildman–Crippen LogP) is 6.94. The number of hydrogen-bond donors (Lipinski definition) is 2. The number of hydrogen-bond acceptors (Lipinski definition) is 7. The summed E-state index contributed by atoms with van der Waals surface area (Å²) in [4.78, 5) is 26.4. The van der Waals surface area contributed by atoms with Gasteiger partial charge in [-0.1, -0.05) is 69.3 Å². The zero-order chi connectivity index (χ0) is 30.1.